The molecule has 1 aromatic rings. The number of benzene rings is 1. The molecule has 0 saturated carbocycles. The largest absolute Gasteiger partial charge is 0.481 e. The Morgan fingerprint density at radius 3 is 2.76 bits per heavy atom. The van der Waals surface area contributed by atoms with E-state index >= 15 is 0 Å². The molecule has 1 aliphatic carbocycles. The summed E-state index contributed by atoms with van der Waals surface area (Å²) in [5.41, 5.74) is 2.67. The second kappa shape index (κ2) is 7.11. The van der Waals surface area contributed by atoms with Crippen LogP contribution in [0.2, 0.25) is 0 Å². The number of carbonyl (C=O) groups excluding carboxylic acids is 1. The molecular formula is C16H22N2O3. The molecule has 0 radical (unpaired) electrons. The van der Waals surface area contributed by atoms with Gasteiger partial charge in [0, 0.05) is 25.4 Å². The van der Waals surface area contributed by atoms with Crippen LogP contribution in [0.4, 0.5) is 4.79 Å². The summed E-state index contributed by atoms with van der Waals surface area (Å²) < 4.78 is 0. The van der Waals surface area contributed by atoms with E-state index in [1.54, 1.807) is 0 Å². The third-order valence-corrected chi connectivity index (χ3v) is 4.06. The lowest BCUT2D eigenvalue weighted by molar-refractivity contribution is -0.138. The van der Waals surface area contributed by atoms with E-state index in [2.05, 4.69) is 22.8 Å². The highest BCUT2D eigenvalue weighted by Gasteiger charge is 2.25. The van der Waals surface area contributed by atoms with Crippen LogP contribution in [0.15, 0.2) is 24.3 Å². The van der Waals surface area contributed by atoms with Crippen molar-refractivity contribution in [2.45, 2.75) is 32.1 Å². The van der Waals surface area contributed by atoms with Gasteiger partial charge in [-0.25, -0.2) is 4.79 Å². The zero-order chi connectivity index (χ0) is 15.2. The van der Waals surface area contributed by atoms with Gasteiger partial charge in [-0.15, -0.1) is 0 Å². The summed E-state index contributed by atoms with van der Waals surface area (Å²) in [5, 5.41) is 14.4. The Labute approximate surface area is 124 Å². The molecule has 5 nitrogen and oxygen atoms in total. The van der Waals surface area contributed by atoms with Gasteiger partial charge in [0.05, 0.1) is 0 Å². The lowest BCUT2D eigenvalue weighted by atomic mass is 9.78. The molecule has 1 aliphatic rings. The molecule has 2 atom stereocenters. The van der Waals surface area contributed by atoms with Gasteiger partial charge in [-0.3, -0.25) is 4.79 Å². The molecule has 0 fully saturated rings. The van der Waals surface area contributed by atoms with E-state index in [1.807, 2.05) is 19.1 Å². The quantitative estimate of drug-likeness (QED) is 0.720. The van der Waals surface area contributed by atoms with E-state index in [0.717, 1.165) is 12.8 Å². The Morgan fingerprint density at radius 1 is 1.33 bits per heavy atom. The van der Waals surface area contributed by atoms with Crippen LogP contribution in [-0.2, 0) is 11.2 Å². The van der Waals surface area contributed by atoms with Crippen molar-refractivity contribution in [2.24, 2.45) is 5.92 Å². The lowest BCUT2D eigenvalue weighted by Crippen LogP contribution is -2.41. The number of carboxylic acids is 1. The van der Waals surface area contributed by atoms with E-state index in [0.29, 0.717) is 19.0 Å². The zero-order valence-corrected chi connectivity index (χ0v) is 12.3. The van der Waals surface area contributed by atoms with Crippen LogP contribution in [0.1, 0.15) is 36.8 Å². The van der Waals surface area contributed by atoms with E-state index in [1.165, 1.54) is 11.1 Å². The number of aliphatic carboxylic acids is 1. The van der Waals surface area contributed by atoms with Crippen molar-refractivity contribution in [3.05, 3.63) is 35.4 Å². The molecular weight excluding hydrogens is 268 g/mol. The van der Waals surface area contributed by atoms with Crippen molar-refractivity contribution in [3.63, 3.8) is 0 Å². The Morgan fingerprint density at radius 2 is 2.10 bits per heavy atom. The summed E-state index contributed by atoms with van der Waals surface area (Å²) in [6, 6.07) is 8.04. The molecule has 1 aromatic carbocycles. The first-order valence-electron chi connectivity index (χ1n) is 7.41. The van der Waals surface area contributed by atoms with Crippen LogP contribution >= 0.6 is 0 Å². The smallest absolute Gasteiger partial charge is 0.314 e. The molecule has 5 heteroatoms. The fourth-order valence-electron chi connectivity index (χ4n) is 2.67. The van der Waals surface area contributed by atoms with Gasteiger partial charge in [-0.1, -0.05) is 37.6 Å². The normalized spacial score (nSPS) is 17.3. The maximum Gasteiger partial charge on any atom is 0.314 e. The molecule has 0 heterocycles. The third kappa shape index (κ3) is 4.21. The Hall–Kier alpha value is -2.04. The van der Waals surface area contributed by atoms with Gasteiger partial charge in [0.25, 0.3) is 0 Å². The average molecular weight is 290 g/mol. The topological polar surface area (TPSA) is 78.4 Å². The van der Waals surface area contributed by atoms with Gasteiger partial charge < -0.3 is 15.7 Å². The van der Waals surface area contributed by atoms with Crippen molar-refractivity contribution >= 4 is 12.0 Å². The van der Waals surface area contributed by atoms with Crippen molar-refractivity contribution in [3.8, 4) is 0 Å². The summed E-state index contributed by atoms with van der Waals surface area (Å²) in [5.74, 6) is -0.444. The molecule has 2 amide bonds. The number of carboxylic acid groups (broad SMARTS) is 1. The van der Waals surface area contributed by atoms with Crippen LogP contribution in [0, 0.1) is 5.92 Å². The minimum Gasteiger partial charge on any atom is -0.481 e. The maximum absolute atomic E-state index is 11.7. The van der Waals surface area contributed by atoms with Gasteiger partial charge in [0.15, 0.2) is 0 Å². The van der Waals surface area contributed by atoms with Crippen molar-refractivity contribution < 1.29 is 14.7 Å². The number of hydrogen-bond acceptors (Lipinski definition) is 2. The molecule has 0 aliphatic heterocycles. The Bertz CT molecular complexity index is 516. The number of amides is 2. The van der Waals surface area contributed by atoms with Gasteiger partial charge in [-0.05, 0) is 23.5 Å². The van der Waals surface area contributed by atoms with Crippen molar-refractivity contribution in [1.29, 1.82) is 0 Å². The van der Waals surface area contributed by atoms with Gasteiger partial charge in [-0.2, -0.15) is 0 Å². The van der Waals surface area contributed by atoms with Crippen LogP contribution in [0.3, 0.4) is 0 Å². The molecule has 2 rings (SSSR count). The molecule has 114 valence electrons. The number of fused-ring (bicyclic) bond motifs is 1. The molecule has 2 unspecified atom stereocenters. The minimum atomic E-state index is -0.824. The predicted octanol–water partition coefficient (Wildman–Crippen LogP) is 2.13. The number of hydrogen-bond donors (Lipinski definition) is 3. The number of carbonyl (C=O) groups is 2. The first-order valence-corrected chi connectivity index (χ1v) is 7.41. The molecule has 3 N–H and O–H groups in total. The van der Waals surface area contributed by atoms with Crippen LogP contribution in [0.5, 0.6) is 0 Å². The molecule has 0 saturated heterocycles. The second-order valence-electron chi connectivity index (χ2n) is 5.56. The molecule has 0 aromatic heterocycles. The first-order chi connectivity index (χ1) is 10.1. The summed E-state index contributed by atoms with van der Waals surface area (Å²) in [4.78, 5) is 22.4. The summed E-state index contributed by atoms with van der Waals surface area (Å²) in [6.07, 6.45) is 1.84. The number of rotatable bonds is 7. The molecule has 21 heavy (non-hydrogen) atoms. The van der Waals surface area contributed by atoms with E-state index in [9.17, 15) is 9.59 Å². The van der Waals surface area contributed by atoms with Crippen molar-refractivity contribution in [2.75, 3.05) is 13.1 Å². The summed E-state index contributed by atoms with van der Waals surface area (Å²) in [6.45, 7) is 2.95. The SMILES string of the molecule is CCC(CNC(=O)NCC1Cc2ccccc21)CC(=O)O. The number of urea groups is 1. The summed E-state index contributed by atoms with van der Waals surface area (Å²) >= 11 is 0. The van der Waals surface area contributed by atoms with E-state index < -0.39 is 5.97 Å². The lowest BCUT2D eigenvalue weighted by Gasteiger charge is -2.30. The fourth-order valence-corrected chi connectivity index (χ4v) is 2.67. The van der Waals surface area contributed by atoms with Crippen LogP contribution in [-0.4, -0.2) is 30.2 Å². The van der Waals surface area contributed by atoms with Crippen LogP contribution in [0.25, 0.3) is 0 Å². The third-order valence-electron chi connectivity index (χ3n) is 4.06. The first kappa shape index (κ1) is 15.4. The van der Waals surface area contributed by atoms with Crippen molar-refractivity contribution in [1.82, 2.24) is 10.6 Å². The van der Waals surface area contributed by atoms with E-state index in [4.69, 9.17) is 5.11 Å². The van der Waals surface area contributed by atoms with Gasteiger partial charge in [0.2, 0.25) is 0 Å². The molecule has 0 bridgehead atoms. The highest BCUT2D eigenvalue weighted by atomic mass is 16.4. The highest BCUT2D eigenvalue weighted by molar-refractivity contribution is 5.74. The molecule has 0 spiro atoms. The maximum atomic E-state index is 11.7. The van der Waals surface area contributed by atoms with E-state index in [-0.39, 0.29) is 18.4 Å². The van der Waals surface area contributed by atoms with Crippen LogP contribution < -0.4 is 10.6 Å². The Kier molecular flexibility index (Phi) is 5.20. The highest BCUT2D eigenvalue weighted by Crippen LogP contribution is 2.33. The monoisotopic (exact) mass is 290 g/mol. The average Bonchev–Trinajstić information content (AvgIpc) is 2.44. The predicted molar refractivity (Wildman–Crippen MR) is 80.3 cm³/mol. The Balaban J connectivity index is 1.68. The fraction of sp³-hybridized carbons (Fsp3) is 0.500. The zero-order valence-electron chi connectivity index (χ0n) is 12.3. The van der Waals surface area contributed by atoms with Gasteiger partial charge in [0.1, 0.15) is 0 Å². The standard InChI is InChI=1S/C16H22N2O3/c1-2-11(7-15(19)20)9-17-16(21)18-10-13-8-12-5-3-4-6-14(12)13/h3-6,11,13H,2,7-10H2,1H3,(H,19,20)(H2,17,18,21). The number of nitrogens with one attached hydrogen (secondary N) is 2. The van der Waals surface area contributed by atoms with Gasteiger partial charge >= 0.3 is 12.0 Å². The minimum absolute atomic E-state index is 0.0160. The second-order valence-corrected chi connectivity index (χ2v) is 5.56. The summed E-state index contributed by atoms with van der Waals surface area (Å²) in [7, 11) is 0.